The van der Waals surface area contributed by atoms with Crippen molar-refractivity contribution in [3.8, 4) is 0 Å². The molecule has 2 N–H and O–H groups in total. The molecule has 90 valence electrons. The molecule has 0 saturated carbocycles. The number of anilines is 1. The van der Waals surface area contributed by atoms with Gasteiger partial charge in [-0.25, -0.2) is 8.78 Å². The summed E-state index contributed by atoms with van der Waals surface area (Å²) in [6.07, 6.45) is 4.54. The zero-order chi connectivity index (χ0) is 12.0. The standard InChI is InChI=1S/C12H17F2NS/c1-2-3-4-5-8-16-10-7-6-9(15)11(13)12(10)14/h6-7H,2-5,8,15H2,1H3. The molecule has 4 heteroatoms. The Morgan fingerprint density at radius 3 is 2.56 bits per heavy atom. The average Bonchev–Trinajstić information content (AvgIpc) is 2.28. The van der Waals surface area contributed by atoms with Gasteiger partial charge in [-0.1, -0.05) is 26.2 Å². The molecular formula is C12H17F2NS. The summed E-state index contributed by atoms with van der Waals surface area (Å²) in [4.78, 5) is 0.350. The second-order valence-electron chi connectivity index (χ2n) is 3.69. The van der Waals surface area contributed by atoms with E-state index in [-0.39, 0.29) is 5.69 Å². The third kappa shape index (κ3) is 3.67. The fraction of sp³-hybridized carbons (Fsp3) is 0.500. The molecule has 1 aromatic carbocycles. The van der Waals surface area contributed by atoms with E-state index in [1.54, 1.807) is 0 Å². The Kier molecular flexibility index (Phi) is 5.60. The van der Waals surface area contributed by atoms with E-state index in [0.29, 0.717) is 4.90 Å². The van der Waals surface area contributed by atoms with Crippen molar-refractivity contribution in [1.29, 1.82) is 0 Å². The van der Waals surface area contributed by atoms with Crippen LogP contribution in [0.3, 0.4) is 0 Å². The molecule has 0 spiro atoms. The number of unbranched alkanes of at least 4 members (excludes halogenated alkanes) is 3. The first-order chi connectivity index (χ1) is 7.66. The van der Waals surface area contributed by atoms with Crippen LogP contribution in [-0.4, -0.2) is 5.75 Å². The van der Waals surface area contributed by atoms with Gasteiger partial charge in [0.25, 0.3) is 0 Å². The summed E-state index contributed by atoms with van der Waals surface area (Å²) in [5, 5.41) is 0. The van der Waals surface area contributed by atoms with Crippen LogP contribution in [0.2, 0.25) is 0 Å². The number of hydrogen-bond donors (Lipinski definition) is 1. The number of thioether (sulfide) groups is 1. The van der Waals surface area contributed by atoms with E-state index in [4.69, 9.17) is 5.73 Å². The third-order valence-corrected chi connectivity index (χ3v) is 3.45. The number of benzene rings is 1. The first-order valence-corrected chi connectivity index (χ1v) is 6.51. The van der Waals surface area contributed by atoms with Crippen molar-refractivity contribution in [2.45, 2.75) is 37.5 Å². The van der Waals surface area contributed by atoms with Crippen molar-refractivity contribution in [3.63, 3.8) is 0 Å². The number of nitrogen functional groups attached to an aromatic ring is 1. The van der Waals surface area contributed by atoms with Crippen molar-refractivity contribution in [2.24, 2.45) is 0 Å². The minimum absolute atomic E-state index is 0.132. The number of hydrogen-bond acceptors (Lipinski definition) is 2. The lowest BCUT2D eigenvalue weighted by Crippen LogP contribution is -1.96. The number of nitrogens with two attached hydrogens (primary N) is 1. The molecule has 0 bridgehead atoms. The molecule has 0 aliphatic heterocycles. The van der Waals surface area contributed by atoms with Crippen LogP contribution in [0.1, 0.15) is 32.6 Å². The molecule has 1 nitrogen and oxygen atoms in total. The van der Waals surface area contributed by atoms with Crippen molar-refractivity contribution in [3.05, 3.63) is 23.8 Å². The minimum atomic E-state index is -0.932. The molecule has 0 aliphatic rings. The van der Waals surface area contributed by atoms with Gasteiger partial charge in [0.05, 0.1) is 5.69 Å². The Morgan fingerprint density at radius 1 is 1.12 bits per heavy atom. The van der Waals surface area contributed by atoms with Crippen molar-refractivity contribution in [2.75, 3.05) is 11.5 Å². The van der Waals surface area contributed by atoms with Gasteiger partial charge in [-0.2, -0.15) is 0 Å². The first-order valence-electron chi connectivity index (χ1n) is 5.53. The van der Waals surface area contributed by atoms with Crippen molar-refractivity contribution < 1.29 is 8.78 Å². The molecule has 0 saturated heterocycles. The molecule has 0 aromatic heterocycles. The summed E-state index contributed by atoms with van der Waals surface area (Å²) in [6, 6.07) is 2.95. The molecule has 0 amide bonds. The van der Waals surface area contributed by atoms with Crippen LogP contribution in [0.4, 0.5) is 14.5 Å². The molecule has 1 rings (SSSR count). The zero-order valence-electron chi connectivity index (χ0n) is 9.43. The molecule has 0 radical (unpaired) electrons. The van der Waals surface area contributed by atoms with E-state index in [1.165, 1.54) is 36.7 Å². The van der Waals surface area contributed by atoms with Gasteiger partial charge in [-0.05, 0) is 24.3 Å². The van der Waals surface area contributed by atoms with Gasteiger partial charge in [-0.15, -0.1) is 11.8 Å². The van der Waals surface area contributed by atoms with E-state index in [0.717, 1.165) is 18.6 Å². The Hall–Kier alpha value is -0.770. The summed E-state index contributed by atoms with van der Waals surface area (Å²) >= 11 is 1.35. The van der Waals surface area contributed by atoms with Crippen LogP contribution in [0.5, 0.6) is 0 Å². The average molecular weight is 245 g/mol. The predicted molar refractivity (Wildman–Crippen MR) is 65.6 cm³/mol. The molecule has 1 aromatic rings. The highest BCUT2D eigenvalue weighted by Gasteiger charge is 2.11. The summed E-state index contributed by atoms with van der Waals surface area (Å²) in [7, 11) is 0. The summed E-state index contributed by atoms with van der Waals surface area (Å²) in [5.74, 6) is -0.931. The lowest BCUT2D eigenvalue weighted by Gasteiger charge is -2.05. The Bertz CT molecular complexity index is 342. The second-order valence-corrected chi connectivity index (χ2v) is 4.83. The smallest absolute Gasteiger partial charge is 0.182 e. The lowest BCUT2D eigenvalue weighted by atomic mass is 10.2. The Labute approximate surface area is 99.4 Å². The fourth-order valence-electron chi connectivity index (χ4n) is 1.37. The van der Waals surface area contributed by atoms with Crippen molar-refractivity contribution in [1.82, 2.24) is 0 Å². The highest BCUT2D eigenvalue weighted by molar-refractivity contribution is 7.99. The molecule has 0 aliphatic carbocycles. The Morgan fingerprint density at radius 2 is 1.88 bits per heavy atom. The highest BCUT2D eigenvalue weighted by Crippen LogP contribution is 2.27. The maximum atomic E-state index is 13.4. The summed E-state index contributed by atoms with van der Waals surface area (Å²) < 4.78 is 26.5. The van der Waals surface area contributed by atoms with E-state index in [2.05, 4.69) is 6.92 Å². The first kappa shape index (κ1) is 13.3. The molecule has 0 fully saturated rings. The van der Waals surface area contributed by atoms with Gasteiger partial charge < -0.3 is 5.73 Å². The van der Waals surface area contributed by atoms with Crippen LogP contribution in [0.15, 0.2) is 17.0 Å². The zero-order valence-corrected chi connectivity index (χ0v) is 10.2. The van der Waals surface area contributed by atoms with Gasteiger partial charge in [0.2, 0.25) is 0 Å². The molecular weight excluding hydrogens is 228 g/mol. The molecule has 0 unspecified atom stereocenters. The topological polar surface area (TPSA) is 26.0 Å². The quantitative estimate of drug-likeness (QED) is 0.461. The van der Waals surface area contributed by atoms with E-state index in [1.807, 2.05) is 0 Å². The number of rotatable bonds is 6. The lowest BCUT2D eigenvalue weighted by molar-refractivity contribution is 0.495. The van der Waals surface area contributed by atoms with Crippen LogP contribution < -0.4 is 5.73 Å². The van der Waals surface area contributed by atoms with Gasteiger partial charge in [-0.3, -0.25) is 0 Å². The normalized spacial score (nSPS) is 10.7. The maximum absolute atomic E-state index is 13.4. The minimum Gasteiger partial charge on any atom is -0.396 e. The maximum Gasteiger partial charge on any atom is 0.182 e. The SMILES string of the molecule is CCCCCCSc1ccc(N)c(F)c1F. The van der Waals surface area contributed by atoms with E-state index >= 15 is 0 Å². The molecule has 16 heavy (non-hydrogen) atoms. The third-order valence-electron chi connectivity index (χ3n) is 2.33. The van der Waals surface area contributed by atoms with E-state index < -0.39 is 11.6 Å². The largest absolute Gasteiger partial charge is 0.396 e. The van der Waals surface area contributed by atoms with Crippen LogP contribution in [0.25, 0.3) is 0 Å². The molecule has 0 atom stereocenters. The van der Waals surface area contributed by atoms with Gasteiger partial charge >= 0.3 is 0 Å². The van der Waals surface area contributed by atoms with Gasteiger partial charge in [0, 0.05) is 4.90 Å². The van der Waals surface area contributed by atoms with Gasteiger partial charge in [0.15, 0.2) is 11.6 Å². The fourth-order valence-corrected chi connectivity index (χ4v) is 2.32. The Balaban J connectivity index is 2.45. The monoisotopic (exact) mass is 245 g/mol. The molecule has 0 heterocycles. The summed E-state index contributed by atoms with van der Waals surface area (Å²) in [5.41, 5.74) is 5.13. The van der Waals surface area contributed by atoms with Crippen LogP contribution in [0, 0.1) is 11.6 Å². The van der Waals surface area contributed by atoms with E-state index in [9.17, 15) is 8.78 Å². The van der Waals surface area contributed by atoms with Crippen LogP contribution in [-0.2, 0) is 0 Å². The van der Waals surface area contributed by atoms with Crippen molar-refractivity contribution >= 4 is 17.4 Å². The summed E-state index contributed by atoms with van der Waals surface area (Å²) in [6.45, 7) is 2.14. The number of halogens is 2. The van der Waals surface area contributed by atoms with Crippen LogP contribution >= 0.6 is 11.8 Å². The van der Waals surface area contributed by atoms with Gasteiger partial charge in [0.1, 0.15) is 0 Å². The second kappa shape index (κ2) is 6.74. The predicted octanol–water partition coefficient (Wildman–Crippen LogP) is 4.22. The highest BCUT2D eigenvalue weighted by atomic mass is 32.2.